The highest BCUT2D eigenvalue weighted by molar-refractivity contribution is 7.99. The Morgan fingerprint density at radius 1 is 0.952 bits per heavy atom. The first-order valence-corrected chi connectivity index (χ1v) is 15.5. The summed E-state index contributed by atoms with van der Waals surface area (Å²) in [4.78, 5) is 30.4. The van der Waals surface area contributed by atoms with Crippen molar-refractivity contribution < 1.29 is 9.53 Å². The van der Waals surface area contributed by atoms with Crippen LogP contribution in [0.25, 0.3) is 0 Å². The van der Waals surface area contributed by atoms with E-state index in [2.05, 4.69) is 20.9 Å². The minimum atomic E-state index is -0.577. The number of rotatable bonds is 12. The summed E-state index contributed by atoms with van der Waals surface area (Å²) in [5.74, 6) is 0.560. The number of H-pyrrole nitrogens is 1. The van der Waals surface area contributed by atoms with Gasteiger partial charge in [0.15, 0.2) is 0 Å². The number of nitrogens with one attached hydrogen (secondary N) is 4. The predicted molar refractivity (Wildman–Crippen MR) is 172 cm³/mol. The largest absolute Gasteiger partial charge is 0.373 e. The average Bonchev–Trinajstić information content (AvgIpc) is 3.02. The van der Waals surface area contributed by atoms with Gasteiger partial charge in [0.1, 0.15) is 11.7 Å². The van der Waals surface area contributed by atoms with Crippen molar-refractivity contribution in [1.82, 2.24) is 10.3 Å². The van der Waals surface area contributed by atoms with Crippen LogP contribution in [-0.4, -0.2) is 48.0 Å². The normalized spacial score (nSPS) is 17.4. The Kier molecular flexibility index (Phi) is 10.7. The Hall–Kier alpha value is -3.56. The number of hydrogen-bond donors (Lipinski definition) is 4. The molecule has 9 heteroatoms. The van der Waals surface area contributed by atoms with Gasteiger partial charge in [0.25, 0.3) is 5.56 Å². The molecule has 3 atom stereocenters. The number of thioether (sulfide) groups is 1. The van der Waals surface area contributed by atoms with Crippen molar-refractivity contribution in [3.63, 3.8) is 0 Å². The molecule has 2 heterocycles. The maximum atomic E-state index is 13.6. The second-order valence-corrected chi connectivity index (χ2v) is 11.8. The topological polar surface area (TPSA) is 95.2 Å². The number of carbonyl (C=O) groups is 1. The highest BCUT2D eigenvalue weighted by Crippen LogP contribution is 2.24. The van der Waals surface area contributed by atoms with Gasteiger partial charge in [0.2, 0.25) is 5.91 Å². The lowest BCUT2D eigenvalue weighted by atomic mass is 10.0. The third-order valence-electron chi connectivity index (χ3n) is 7.12. The number of amides is 1. The number of para-hydroxylation sites is 1. The van der Waals surface area contributed by atoms with Gasteiger partial charge < -0.3 is 25.7 Å². The van der Waals surface area contributed by atoms with Crippen LogP contribution in [-0.2, 0) is 22.4 Å². The number of hydrogen-bond acceptors (Lipinski definition) is 6. The molecular weight excluding hydrogens is 568 g/mol. The summed E-state index contributed by atoms with van der Waals surface area (Å²) in [5.41, 5.74) is 2.61. The SMILES string of the molecule is O=C(Nc1c(CC[C@@H]2CNC[C@@H](CSc3ccc(Cl)cc3)O2)cc[nH]c1=O)[C@H](Cc1ccccc1)Nc1ccccc1. The van der Waals surface area contributed by atoms with Gasteiger partial charge in [-0.3, -0.25) is 9.59 Å². The Morgan fingerprint density at radius 2 is 1.67 bits per heavy atom. The van der Waals surface area contributed by atoms with Gasteiger partial charge in [0, 0.05) is 47.1 Å². The average molecular weight is 603 g/mol. The molecule has 0 bridgehead atoms. The number of halogens is 1. The fourth-order valence-corrected chi connectivity index (χ4v) is 5.98. The van der Waals surface area contributed by atoms with Crippen LogP contribution in [0.2, 0.25) is 5.02 Å². The van der Waals surface area contributed by atoms with E-state index in [9.17, 15) is 9.59 Å². The monoisotopic (exact) mass is 602 g/mol. The second-order valence-electron chi connectivity index (χ2n) is 10.3. The van der Waals surface area contributed by atoms with E-state index in [4.69, 9.17) is 16.3 Å². The minimum Gasteiger partial charge on any atom is -0.373 e. The Bertz CT molecular complexity index is 1440. The maximum absolute atomic E-state index is 13.6. The Labute approximate surface area is 255 Å². The molecule has 0 unspecified atom stereocenters. The van der Waals surface area contributed by atoms with E-state index in [-0.39, 0.29) is 29.4 Å². The molecule has 0 radical (unpaired) electrons. The van der Waals surface area contributed by atoms with Crippen LogP contribution in [0.3, 0.4) is 0 Å². The van der Waals surface area contributed by atoms with Crippen molar-refractivity contribution in [2.75, 3.05) is 29.5 Å². The molecule has 7 nitrogen and oxygen atoms in total. The van der Waals surface area contributed by atoms with Crippen LogP contribution < -0.4 is 21.5 Å². The molecule has 0 aliphatic carbocycles. The predicted octanol–water partition coefficient (Wildman–Crippen LogP) is 5.77. The van der Waals surface area contributed by atoms with Gasteiger partial charge in [-0.2, -0.15) is 0 Å². The molecule has 3 aromatic carbocycles. The molecule has 1 fully saturated rings. The number of aromatic nitrogens is 1. The lowest BCUT2D eigenvalue weighted by Gasteiger charge is -2.31. The van der Waals surface area contributed by atoms with Crippen LogP contribution in [0.5, 0.6) is 0 Å². The van der Waals surface area contributed by atoms with Crippen molar-refractivity contribution >= 4 is 40.6 Å². The van der Waals surface area contributed by atoms with Gasteiger partial charge in [-0.1, -0.05) is 60.1 Å². The lowest BCUT2D eigenvalue weighted by molar-refractivity contribution is -0.116. The zero-order valence-electron chi connectivity index (χ0n) is 23.2. The van der Waals surface area contributed by atoms with Gasteiger partial charge in [0.05, 0.1) is 12.2 Å². The fraction of sp³-hybridized carbons (Fsp3) is 0.273. The molecule has 218 valence electrons. The maximum Gasteiger partial charge on any atom is 0.271 e. The molecule has 42 heavy (non-hydrogen) atoms. The summed E-state index contributed by atoms with van der Waals surface area (Å²) < 4.78 is 6.38. The van der Waals surface area contributed by atoms with E-state index >= 15 is 0 Å². The number of benzene rings is 3. The third kappa shape index (κ3) is 8.72. The molecule has 1 amide bonds. The standard InChI is InChI=1S/C33H35ClN4O3S/c34-25-12-15-29(16-13-25)42-22-28-21-35-20-27(41-28)14-11-24-17-18-36-33(40)31(24)38-32(39)30(19-23-7-3-1-4-8-23)37-26-9-5-2-6-10-26/h1-10,12-13,15-18,27-28,30,35,37H,11,14,19-22H2,(H,36,40)(H,38,39)/t27-,28+,30+/m1/s1. The molecular formula is C33H35ClN4O3S. The number of ether oxygens (including phenoxy) is 1. The summed E-state index contributed by atoms with van der Waals surface area (Å²) in [6.45, 7) is 1.54. The Balaban J connectivity index is 1.22. The number of anilines is 2. The van der Waals surface area contributed by atoms with E-state index in [0.717, 1.165) is 52.0 Å². The molecule has 4 aromatic rings. The van der Waals surface area contributed by atoms with Gasteiger partial charge >= 0.3 is 0 Å². The van der Waals surface area contributed by atoms with Crippen LogP contribution in [0.4, 0.5) is 11.4 Å². The second kappa shape index (κ2) is 15.1. The summed E-state index contributed by atoms with van der Waals surface area (Å²) in [7, 11) is 0. The molecule has 1 aromatic heterocycles. The molecule has 4 N–H and O–H groups in total. The quantitative estimate of drug-likeness (QED) is 0.154. The van der Waals surface area contributed by atoms with Crippen LogP contribution in [0.15, 0.2) is 107 Å². The van der Waals surface area contributed by atoms with Crippen molar-refractivity contribution in [1.29, 1.82) is 0 Å². The molecule has 1 aliphatic heterocycles. The first-order chi connectivity index (χ1) is 20.5. The van der Waals surface area contributed by atoms with Crippen molar-refractivity contribution in [3.05, 3.63) is 124 Å². The van der Waals surface area contributed by atoms with Crippen LogP contribution in [0, 0.1) is 0 Å². The van der Waals surface area contributed by atoms with Gasteiger partial charge in [-0.25, -0.2) is 0 Å². The van der Waals surface area contributed by atoms with E-state index in [1.807, 2.05) is 91.0 Å². The fourth-order valence-electron chi connectivity index (χ4n) is 4.95. The van der Waals surface area contributed by atoms with E-state index in [1.54, 1.807) is 18.0 Å². The van der Waals surface area contributed by atoms with Crippen molar-refractivity contribution in [2.45, 2.75) is 42.4 Å². The Morgan fingerprint density at radius 3 is 2.43 bits per heavy atom. The van der Waals surface area contributed by atoms with Crippen LogP contribution >= 0.6 is 23.4 Å². The first kappa shape index (κ1) is 29.9. The zero-order chi connectivity index (χ0) is 29.1. The number of carbonyl (C=O) groups excluding carboxylic acids is 1. The number of morpholine rings is 1. The van der Waals surface area contributed by atoms with Gasteiger partial charge in [-0.15, -0.1) is 11.8 Å². The highest BCUT2D eigenvalue weighted by Gasteiger charge is 2.24. The highest BCUT2D eigenvalue weighted by atomic mass is 35.5. The molecule has 0 saturated carbocycles. The van der Waals surface area contributed by atoms with Gasteiger partial charge in [-0.05, 0) is 66.4 Å². The smallest absolute Gasteiger partial charge is 0.271 e. The van der Waals surface area contributed by atoms with Crippen molar-refractivity contribution in [2.24, 2.45) is 0 Å². The zero-order valence-corrected chi connectivity index (χ0v) is 24.8. The number of pyridine rings is 1. The molecule has 1 saturated heterocycles. The van der Waals surface area contributed by atoms with Crippen LogP contribution in [0.1, 0.15) is 17.5 Å². The van der Waals surface area contributed by atoms with E-state index < -0.39 is 6.04 Å². The summed E-state index contributed by atoms with van der Waals surface area (Å²) in [5, 5.41) is 10.5. The van der Waals surface area contributed by atoms with E-state index in [0.29, 0.717) is 12.8 Å². The summed E-state index contributed by atoms with van der Waals surface area (Å²) >= 11 is 7.75. The number of aryl methyl sites for hydroxylation is 1. The molecule has 1 aliphatic rings. The summed E-state index contributed by atoms with van der Waals surface area (Å²) in [6, 6.07) is 28.6. The molecule has 0 spiro atoms. The first-order valence-electron chi connectivity index (χ1n) is 14.1. The third-order valence-corrected chi connectivity index (χ3v) is 8.52. The van der Waals surface area contributed by atoms with Crippen molar-refractivity contribution in [3.8, 4) is 0 Å². The lowest BCUT2D eigenvalue weighted by Crippen LogP contribution is -2.46. The number of aromatic amines is 1. The summed E-state index contributed by atoms with van der Waals surface area (Å²) in [6.07, 6.45) is 3.49. The minimum absolute atomic E-state index is 0.00276. The molecule has 5 rings (SSSR count). The van der Waals surface area contributed by atoms with E-state index in [1.165, 1.54) is 0 Å².